The van der Waals surface area contributed by atoms with Gasteiger partial charge in [-0.05, 0) is 36.6 Å². The second-order valence-corrected chi connectivity index (χ2v) is 5.60. The van der Waals surface area contributed by atoms with E-state index in [1.807, 2.05) is 6.07 Å². The number of hydrogen-bond acceptors (Lipinski definition) is 2. The quantitative estimate of drug-likeness (QED) is 0.209. The van der Waals surface area contributed by atoms with Gasteiger partial charge in [0.15, 0.2) is 17.5 Å². The van der Waals surface area contributed by atoms with Crippen LogP contribution in [0.3, 0.4) is 0 Å². The van der Waals surface area contributed by atoms with Crippen LogP contribution in [-0.2, 0) is 6.42 Å². The first-order chi connectivity index (χ1) is 12.0. The molecule has 0 saturated heterocycles. The summed E-state index contributed by atoms with van der Waals surface area (Å²) in [6.07, 6.45) is 6.30. The molecule has 0 fully saturated rings. The lowest BCUT2D eigenvalue weighted by Gasteiger charge is -2.02. The standard InChI is InChI=1S/C19H18F4N2/c1-2-3-4-5-13-6-7-15(16(20)8-13)12-25-24-11-14-9-17(21)19(23)18(22)10-14/h6-12H,2-5H2,1H3/b24-11+,25-12+. The predicted molar refractivity (Wildman–Crippen MR) is 91.1 cm³/mol. The van der Waals surface area contributed by atoms with Crippen LogP contribution in [0.2, 0.25) is 0 Å². The molecular weight excluding hydrogens is 332 g/mol. The van der Waals surface area contributed by atoms with Gasteiger partial charge < -0.3 is 0 Å². The van der Waals surface area contributed by atoms with Crippen molar-refractivity contribution in [3.63, 3.8) is 0 Å². The molecule has 2 aromatic rings. The average Bonchev–Trinajstić information content (AvgIpc) is 2.58. The summed E-state index contributed by atoms with van der Waals surface area (Å²) in [5.41, 5.74) is 1.19. The third-order valence-electron chi connectivity index (χ3n) is 3.61. The maximum Gasteiger partial charge on any atom is 0.194 e. The molecule has 0 amide bonds. The third-order valence-corrected chi connectivity index (χ3v) is 3.61. The van der Waals surface area contributed by atoms with Gasteiger partial charge in [-0.3, -0.25) is 0 Å². The van der Waals surface area contributed by atoms with Crippen molar-refractivity contribution >= 4 is 12.4 Å². The van der Waals surface area contributed by atoms with Crippen LogP contribution < -0.4 is 0 Å². The van der Waals surface area contributed by atoms with Crippen molar-refractivity contribution < 1.29 is 17.6 Å². The van der Waals surface area contributed by atoms with Crippen molar-refractivity contribution in [3.8, 4) is 0 Å². The van der Waals surface area contributed by atoms with E-state index in [1.54, 1.807) is 6.07 Å². The second-order valence-electron chi connectivity index (χ2n) is 5.60. The zero-order valence-corrected chi connectivity index (χ0v) is 13.8. The Kier molecular flexibility index (Phi) is 6.86. The molecule has 0 aliphatic rings. The molecule has 132 valence electrons. The smallest absolute Gasteiger partial charge is 0.194 e. The van der Waals surface area contributed by atoms with Crippen LogP contribution >= 0.6 is 0 Å². The molecule has 0 bridgehead atoms. The lowest BCUT2D eigenvalue weighted by molar-refractivity contribution is 0.447. The van der Waals surface area contributed by atoms with Crippen LogP contribution in [0.1, 0.15) is 42.9 Å². The van der Waals surface area contributed by atoms with E-state index < -0.39 is 23.3 Å². The van der Waals surface area contributed by atoms with Gasteiger partial charge in [0.2, 0.25) is 0 Å². The summed E-state index contributed by atoms with van der Waals surface area (Å²) in [4.78, 5) is 0. The van der Waals surface area contributed by atoms with Crippen LogP contribution in [0, 0.1) is 23.3 Å². The minimum atomic E-state index is -1.54. The van der Waals surface area contributed by atoms with Crippen LogP contribution in [-0.4, -0.2) is 12.4 Å². The van der Waals surface area contributed by atoms with Gasteiger partial charge in [0, 0.05) is 11.1 Å². The molecule has 0 aliphatic carbocycles. The molecule has 0 heterocycles. The maximum atomic E-state index is 14.0. The summed E-state index contributed by atoms with van der Waals surface area (Å²) in [6.45, 7) is 2.11. The fourth-order valence-corrected chi connectivity index (χ4v) is 2.26. The number of unbranched alkanes of at least 4 members (excludes halogenated alkanes) is 2. The van der Waals surface area contributed by atoms with Crippen molar-refractivity contribution in [2.24, 2.45) is 10.2 Å². The molecule has 0 unspecified atom stereocenters. The largest absolute Gasteiger partial charge is 0.206 e. The predicted octanol–water partition coefficient (Wildman–Crippen LogP) is 5.43. The Morgan fingerprint density at radius 2 is 1.52 bits per heavy atom. The molecule has 0 aromatic heterocycles. The number of halogens is 4. The van der Waals surface area contributed by atoms with Crippen LogP contribution in [0.5, 0.6) is 0 Å². The number of aryl methyl sites for hydroxylation is 1. The minimum Gasteiger partial charge on any atom is -0.206 e. The van der Waals surface area contributed by atoms with Crippen molar-refractivity contribution in [2.45, 2.75) is 32.6 Å². The van der Waals surface area contributed by atoms with Gasteiger partial charge in [-0.1, -0.05) is 31.9 Å². The van der Waals surface area contributed by atoms with Crippen LogP contribution in [0.15, 0.2) is 40.5 Å². The van der Waals surface area contributed by atoms with Gasteiger partial charge in [0.05, 0.1) is 12.4 Å². The first-order valence-corrected chi connectivity index (χ1v) is 8.00. The first-order valence-electron chi connectivity index (χ1n) is 8.00. The highest BCUT2D eigenvalue weighted by molar-refractivity contribution is 5.82. The lowest BCUT2D eigenvalue weighted by Crippen LogP contribution is -1.94. The Balaban J connectivity index is 2.02. The van der Waals surface area contributed by atoms with Gasteiger partial charge >= 0.3 is 0 Å². The van der Waals surface area contributed by atoms with E-state index in [0.29, 0.717) is 0 Å². The molecule has 0 saturated carbocycles. The van der Waals surface area contributed by atoms with E-state index in [-0.39, 0.29) is 11.1 Å². The van der Waals surface area contributed by atoms with E-state index in [4.69, 9.17) is 0 Å². The van der Waals surface area contributed by atoms with Gasteiger partial charge in [-0.25, -0.2) is 17.6 Å². The van der Waals surface area contributed by atoms with Gasteiger partial charge in [-0.15, -0.1) is 0 Å². The zero-order chi connectivity index (χ0) is 18.2. The van der Waals surface area contributed by atoms with Gasteiger partial charge in [-0.2, -0.15) is 10.2 Å². The highest BCUT2D eigenvalue weighted by Gasteiger charge is 2.09. The highest BCUT2D eigenvalue weighted by Crippen LogP contribution is 2.13. The lowest BCUT2D eigenvalue weighted by atomic mass is 10.1. The van der Waals surface area contributed by atoms with Gasteiger partial charge in [0.1, 0.15) is 5.82 Å². The summed E-state index contributed by atoms with van der Waals surface area (Å²) in [7, 11) is 0. The van der Waals surface area contributed by atoms with Crippen LogP contribution in [0.25, 0.3) is 0 Å². The van der Waals surface area contributed by atoms with E-state index in [0.717, 1.165) is 49.6 Å². The number of benzene rings is 2. The Hall–Kier alpha value is -2.50. The molecule has 2 rings (SSSR count). The molecule has 25 heavy (non-hydrogen) atoms. The average molecular weight is 350 g/mol. The monoisotopic (exact) mass is 350 g/mol. The molecule has 2 nitrogen and oxygen atoms in total. The number of rotatable bonds is 7. The SMILES string of the molecule is CCCCCc1ccc(/C=N/N=C/c2cc(F)c(F)c(F)c2)c(F)c1. The maximum absolute atomic E-state index is 14.0. The van der Waals surface area contributed by atoms with Crippen LogP contribution in [0.4, 0.5) is 17.6 Å². The van der Waals surface area contributed by atoms with E-state index >= 15 is 0 Å². The summed E-state index contributed by atoms with van der Waals surface area (Å²) < 4.78 is 52.9. The topological polar surface area (TPSA) is 24.7 Å². The number of hydrogen-bond donors (Lipinski definition) is 0. The first kappa shape index (κ1) is 18.8. The summed E-state index contributed by atoms with van der Waals surface area (Å²) in [5.74, 6) is -4.57. The van der Waals surface area contributed by atoms with Gasteiger partial charge in [0.25, 0.3) is 0 Å². The van der Waals surface area contributed by atoms with Crippen molar-refractivity contribution in [2.75, 3.05) is 0 Å². The molecule has 0 aliphatic heterocycles. The second kappa shape index (κ2) is 9.11. The molecular formula is C19H18F4N2. The third kappa shape index (κ3) is 5.52. The normalized spacial score (nSPS) is 11.7. The number of nitrogens with zero attached hydrogens (tertiary/aromatic N) is 2. The molecule has 0 N–H and O–H groups in total. The van der Waals surface area contributed by atoms with Crippen molar-refractivity contribution in [1.82, 2.24) is 0 Å². The Morgan fingerprint density at radius 3 is 2.16 bits per heavy atom. The molecule has 0 spiro atoms. The molecule has 0 atom stereocenters. The summed E-state index contributed by atoms with van der Waals surface area (Å²) >= 11 is 0. The zero-order valence-electron chi connectivity index (χ0n) is 13.8. The summed E-state index contributed by atoms with van der Waals surface area (Å²) in [6, 6.07) is 6.49. The fourth-order valence-electron chi connectivity index (χ4n) is 2.26. The highest BCUT2D eigenvalue weighted by atomic mass is 19.2. The Bertz CT molecular complexity index is 762. The molecule has 0 radical (unpaired) electrons. The Labute approximate surface area is 143 Å². The van der Waals surface area contributed by atoms with Crippen molar-refractivity contribution in [3.05, 3.63) is 70.3 Å². The fraction of sp³-hybridized carbons (Fsp3) is 0.263. The van der Waals surface area contributed by atoms with Crippen molar-refractivity contribution in [1.29, 1.82) is 0 Å². The summed E-state index contributed by atoms with van der Waals surface area (Å²) in [5, 5.41) is 7.25. The van der Waals surface area contributed by atoms with E-state index in [2.05, 4.69) is 17.1 Å². The Morgan fingerprint density at radius 1 is 0.840 bits per heavy atom. The van der Waals surface area contributed by atoms with E-state index in [9.17, 15) is 17.6 Å². The molecule has 2 aromatic carbocycles. The van der Waals surface area contributed by atoms with E-state index in [1.165, 1.54) is 12.3 Å². The molecule has 6 heteroatoms. The minimum absolute atomic E-state index is 0.0142.